The van der Waals surface area contributed by atoms with E-state index < -0.39 is 0 Å². The van der Waals surface area contributed by atoms with Crippen molar-refractivity contribution in [3.63, 3.8) is 0 Å². The Balaban J connectivity index is 2.69. The number of thiol groups is 1. The van der Waals surface area contributed by atoms with E-state index in [0.717, 1.165) is 16.6 Å². The van der Waals surface area contributed by atoms with Crippen molar-refractivity contribution in [1.29, 1.82) is 0 Å². The van der Waals surface area contributed by atoms with Gasteiger partial charge in [-0.3, -0.25) is 0 Å². The number of aryl methyl sites for hydroxylation is 2. The minimum absolute atomic E-state index is 1.07. The summed E-state index contributed by atoms with van der Waals surface area (Å²) in [4.78, 5) is 1.10. The van der Waals surface area contributed by atoms with Crippen molar-refractivity contribution in [3.05, 3.63) is 29.3 Å². The third-order valence-electron chi connectivity index (χ3n) is 1.87. The van der Waals surface area contributed by atoms with Crippen LogP contribution in [0.3, 0.4) is 0 Å². The number of alkyl halides is 1. The molecule has 0 aliphatic heterocycles. The maximum Gasteiger partial charge on any atom is 0.00719 e. The molecule has 0 aromatic heterocycles. The number of hydrogen-bond acceptors (Lipinski definition) is 1. The number of halogens is 1. The molecule has 12 heavy (non-hydrogen) atoms. The molecule has 1 aromatic rings. The van der Waals surface area contributed by atoms with Gasteiger partial charge in [-0.1, -0.05) is 28.1 Å². The lowest BCUT2D eigenvalue weighted by Crippen LogP contribution is -1.87. The highest BCUT2D eigenvalue weighted by atomic mass is 79.9. The molecule has 1 rings (SSSR count). The first-order valence-corrected chi connectivity index (χ1v) is 5.65. The zero-order chi connectivity index (χ0) is 8.97. The molecule has 0 bridgehead atoms. The van der Waals surface area contributed by atoms with E-state index in [4.69, 9.17) is 0 Å². The molecular formula is C10H13BrS. The molecule has 0 radical (unpaired) electrons. The fraction of sp³-hybridized carbons (Fsp3) is 0.400. The SMILES string of the molecule is Cc1ccc(CCCBr)cc1S. The molecule has 0 N–H and O–H groups in total. The van der Waals surface area contributed by atoms with Crippen LogP contribution in [0.4, 0.5) is 0 Å². The van der Waals surface area contributed by atoms with Crippen LogP contribution < -0.4 is 0 Å². The fourth-order valence-electron chi connectivity index (χ4n) is 1.08. The van der Waals surface area contributed by atoms with Gasteiger partial charge in [0, 0.05) is 10.2 Å². The molecule has 0 spiro atoms. The largest absolute Gasteiger partial charge is 0.143 e. The summed E-state index contributed by atoms with van der Waals surface area (Å²) in [6, 6.07) is 6.46. The van der Waals surface area contributed by atoms with Gasteiger partial charge in [0.25, 0.3) is 0 Å². The lowest BCUT2D eigenvalue weighted by Gasteiger charge is -2.02. The maximum absolute atomic E-state index is 4.38. The van der Waals surface area contributed by atoms with E-state index in [2.05, 4.69) is 53.7 Å². The van der Waals surface area contributed by atoms with Crippen molar-refractivity contribution < 1.29 is 0 Å². The molecule has 66 valence electrons. The zero-order valence-corrected chi connectivity index (χ0v) is 9.66. The van der Waals surface area contributed by atoms with Gasteiger partial charge in [-0.05, 0) is 37.0 Å². The fourth-order valence-corrected chi connectivity index (χ4v) is 1.60. The number of benzene rings is 1. The van der Waals surface area contributed by atoms with Crippen LogP contribution in [0.25, 0.3) is 0 Å². The molecule has 0 amide bonds. The quantitative estimate of drug-likeness (QED) is 0.610. The summed E-state index contributed by atoms with van der Waals surface area (Å²) in [5.74, 6) is 0. The van der Waals surface area contributed by atoms with Gasteiger partial charge < -0.3 is 0 Å². The molecule has 0 saturated heterocycles. The summed E-state index contributed by atoms with van der Waals surface area (Å²) in [5, 5.41) is 1.07. The molecule has 0 aliphatic carbocycles. The molecule has 0 heterocycles. The summed E-state index contributed by atoms with van der Waals surface area (Å²) in [5.41, 5.74) is 2.63. The summed E-state index contributed by atoms with van der Waals surface area (Å²) < 4.78 is 0. The highest BCUT2D eigenvalue weighted by molar-refractivity contribution is 9.09. The summed E-state index contributed by atoms with van der Waals surface area (Å²) in [7, 11) is 0. The maximum atomic E-state index is 4.38. The summed E-state index contributed by atoms with van der Waals surface area (Å²) in [6.45, 7) is 2.08. The second-order valence-corrected chi connectivity index (χ2v) is 4.19. The Kier molecular flexibility index (Phi) is 4.16. The van der Waals surface area contributed by atoms with E-state index in [0.29, 0.717) is 0 Å². The molecule has 0 fully saturated rings. The predicted molar refractivity (Wildman–Crippen MR) is 60.5 cm³/mol. The highest BCUT2D eigenvalue weighted by Gasteiger charge is 1.96. The second-order valence-electron chi connectivity index (χ2n) is 2.91. The predicted octanol–water partition coefficient (Wildman–Crippen LogP) is 3.61. The van der Waals surface area contributed by atoms with Crippen LogP contribution in [-0.4, -0.2) is 5.33 Å². The topological polar surface area (TPSA) is 0 Å². The molecule has 0 aliphatic rings. The molecule has 1 aromatic carbocycles. The van der Waals surface area contributed by atoms with Gasteiger partial charge in [0.05, 0.1) is 0 Å². The molecule has 2 heteroatoms. The van der Waals surface area contributed by atoms with Crippen molar-refractivity contribution in [3.8, 4) is 0 Å². The molecular weight excluding hydrogens is 232 g/mol. The van der Waals surface area contributed by atoms with E-state index in [9.17, 15) is 0 Å². The van der Waals surface area contributed by atoms with Gasteiger partial charge in [0.1, 0.15) is 0 Å². The van der Waals surface area contributed by atoms with Crippen LogP contribution in [0.15, 0.2) is 23.1 Å². The van der Waals surface area contributed by atoms with Gasteiger partial charge in [0.2, 0.25) is 0 Å². The van der Waals surface area contributed by atoms with Crippen LogP contribution in [0, 0.1) is 6.92 Å². The minimum Gasteiger partial charge on any atom is -0.143 e. The van der Waals surface area contributed by atoms with E-state index in [-0.39, 0.29) is 0 Å². The average Bonchev–Trinajstić information content (AvgIpc) is 2.07. The van der Waals surface area contributed by atoms with Gasteiger partial charge in [0.15, 0.2) is 0 Å². The lowest BCUT2D eigenvalue weighted by atomic mass is 10.1. The highest BCUT2D eigenvalue weighted by Crippen LogP contribution is 2.15. The van der Waals surface area contributed by atoms with Gasteiger partial charge in [-0.2, -0.15) is 0 Å². The van der Waals surface area contributed by atoms with Gasteiger partial charge in [-0.15, -0.1) is 12.6 Å². The second kappa shape index (κ2) is 4.93. The van der Waals surface area contributed by atoms with Gasteiger partial charge in [-0.25, -0.2) is 0 Å². The van der Waals surface area contributed by atoms with E-state index in [1.54, 1.807) is 0 Å². The first kappa shape index (κ1) is 10.1. The van der Waals surface area contributed by atoms with Crippen LogP contribution in [0.2, 0.25) is 0 Å². The van der Waals surface area contributed by atoms with E-state index in [1.807, 2.05) is 0 Å². The normalized spacial score (nSPS) is 10.2. The first-order chi connectivity index (χ1) is 5.74. The Bertz CT molecular complexity index is 258. The van der Waals surface area contributed by atoms with Crippen molar-refractivity contribution in [2.24, 2.45) is 0 Å². The minimum atomic E-state index is 1.07. The van der Waals surface area contributed by atoms with E-state index >= 15 is 0 Å². The zero-order valence-electron chi connectivity index (χ0n) is 7.18. The summed E-state index contributed by atoms with van der Waals surface area (Å²) in [6.07, 6.45) is 2.33. The van der Waals surface area contributed by atoms with Crippen LogP contribution in [0.5, 0.6) is 0 Å². The molecule has 0 nitrogen and oxygen atoms in total. The van der Waals surface area contributed by atoms with Crippen molar-refractivity contribution in [1.82, 2.24) is 0 Å². The van der Waals surface area contributed by atoms with Crippen LogP contribution in [0.1, 0.15) is 17.5 Å². The average molecular weight is 245 g/mol. The van der Waals surface area contributed by atoms with Crippen molar-refractivity contribution in [2.45, 2.75) is 24.7 Å². The third kappa shape index (κ3) is 2.83. The van der Waals surface area contributed by atoms with E-state index in [1.165, 1.54) is 17.5 Å². The molecule has 0 saturated carbocycles. The Morgan fingerprint density at radius 1 is 1.42 bits per heavy atom. The smallest absolute Gasteiger partial charge is 0.00719 e. The van der Waals surface area contributed by atoms with Crippen LogP contribution >= 0.6 is 28.6 Å². The first-order valence-electron chi connectivity index (χ1n) is 4.08. The lowest BCUT2D eigenvalue weighted by molar-refractivity contribution is 0.933. The Morgan fingerprint density at radius 2 is 2.17 bits per heavy atom. The Hall–Kier alpha value is 0.0500. The summed E-state index contributed by atoms with van der Waals surface area (Å²) >= 11 is 7.80. The Morgan fingerprint density at radius 3 is 2.75 bits per heavy atom. The number of rotatable bonds is 3. The van der Waals surface area contributed by atoms with Crippen LogP contribution in [-0.2, 0) is 6.42 Å². The van der Waals surface area contributed by atoms with Crippen molar-refractivity contribution in [2.75, 3.05) is 5.33 Å². The van der Waals surface area contributed by atoms with Gasteiger partial charge >= 0.3 is 0 Å². The third-order valence-corrected chi connectivity index (χ3v) is 2.92. The molecule has 0 unspecified atom stereocenters. The molecule has 0 atom stereocenters. The van der Waals surface area contributed by atoms with Crippen molar-refractivity contribution >= 4 is 28.6 Å². The monoisotopic (exact) mass is 244 g/mol. The number of hydrogen-bond donors (Lipinski definition) is 1. The Labute approximate surface area is 87.9 Å². The standard InChI is InChI=1S/C10H13BrS/c1-8-4-5-9(3-2-6-11)7-10(8)12/h4-5,7,12H,2-3,6H2,1H3.